The number of nitrogens with one attached hydrogen (secondary N) is 1. The fourth-order valence-corrected chi connectivity index (χ4v) is 3.41. The van der Waals surface area contributed by atoms with Gasteiger partial charge in [-0.15, -0.1) is 0 Å². The van der Waals surface area contributed by atoms with Gasteiger partial charge in [0.15, 0.2) is 0 Å². The van der Waals surface area contributed by atoms with Gasteiger partial charge in [-0.1, -0.05) is 58.1 Å². The summed E-state index contributed by atoms with van der Waals surface area (Å²) in [5.74, 6) is 6.40. The van der Waals surface area contributed by atoms with Crippen LogP contribution in [0.3, 0.4) is 0 Å². The molecule has 0 saturated heterocycles. The summed E-state index contributed by atoms with van der Waals surface area (Å²) in [5, 5.41) is 0. The molecule has 1 aromatic rings. The Kier molecular flexibility index (Phi) is 5.17. The molecule has 0 aliphatic heterocycles. The zero-order valence-corrected chi connectivity index (χ0v) is 12.7. The Balaban J connectivity index is 2.09. The van der Waals surface area contributed by atoms with Crippen LogP contribution in [0, 0.1) is 11.7 Å². The van der Waals surface area contributed by atoms with E-state index >= 15 is 0 Å². The number of hydrogen-bond acceptors (Lipinski definition) is 2. The maximum atomic E-state index is 13.1. The number of hydrazine groups is 1. The van der Waals surface area contributed by atoms with Crippen molar-refractivity contribution in [3.05, 3.63) is 35.6 Å². The zero-order chi connectivity index (χ0) is 14.6. The van der Waals surface area contributed by atoms with Crippen molar-refractivity contribution in [2.75, 3.05) is 0 Å². The van der Waals surface area contributed by atoms with Crippen LogP contribution >= 0.6 is 0 Å². The summed E-state index contributed by atoms with van der Waals surface area (Å²) < 4.78 is 13.1. The molecule has 1 fully saturated rings. The van der Waals surface area contributed by atoms with E-state index in [1.54, 1.807) is 0 Å². The van der Waals surface area contributed by atoms with Gasteiger partial charge in [0.05, 0.1) is 0 Å². The molecular formula is C17H27FN2. The van der Waals surface area contributed by atoms with Crippen molar-refractivity contribution in [3.8, 4) is 0 Å². The molecule has 1 aliphatic carbocycles. The van der Waals surface area contributed by atoms with E-state index in [2.05, 4.69) is 19.3 Å². The quantitative estimate of drug-likeness (QED) is 0.633. The second kappa shape index (κ2) is 6.68. The highest BCUT2D eigenvalue weighted by Crippen LogP contribution is 2.34. The van der Waals surface area contributed by atoms with Gasteiger partial charge in [-0.2, -0.15) is 0 Å². The monoisotopic (exact) mass is 278 g/mol. The second-order valence-corrected chi connectivity index (χ2v) is 6.69. The van der Waals surface area contributed by atoms with Gasteiger partial charge in [0.2, 0.25) is 0 Å². The van der Waals surface area contributed by atoms with E-state index in [1.165, 1.54) is 44.2 Å². The fraction of sp³-hybridized carbons (Fsp3) is 0.647. The van der Waals surface area contributed by atoms with Crippen LogP contribution in [0.15, 0.2) is 24.3 Å². The molecule has 20 heavy (non-hydrogen) atoms. The minimum absolute atomic E-state index is 0.0973. The summed E-state index contributed by atoms with van der Waals surface area (Å²) in [7, 11) is 0. The molecule has 3 N–H and O–H groups in total. The first-order chi connectivity index (χ1) is 9.54. The van der Waals surface area contributed by atoms with Crippen LogP contribution in [0.2, 0.25) is 0 Å². The molecule has 0 heterocycles. The molecule has 2 nitrogen and oxygen atoms in total. The Hall–Kier alpha value is -0.930. The Labute approximate surface area is 121 Å². The minimum atomic E-state index is -0.186. The average molecular weight is 278 g/mol. The Morgan fingerprint density at radius 2 is 1.80 bits per heavy atom. The molecule has 0 radical (unpaired) electrons. The lowest BCUT2D eigenvalue weighted by Gasteiger charge is -2.37. The first-order valence-corrected chi connectivity index (χ1v) is 7.76. The average Bonchev–Trinajstić information content (AvgIpc) is 2.46. The molecule has 3 heteroatoms. The van der Waals surface area contributed by atoms with Crippen LogP contribution in [0.25, 0.3) is 0 Å². The van der Waals surface area contributed by atoms with E-state index in [4.69, 9.17) is 5.84 Å². The zero-order valence-electron chi connectivity index (χ0n) is 12.7. The second-order valence-electron chi connectivity index (χ2n) is 6.69. The Morgan fingerprint density at radius 1 is 1.20 bits per heavy atom. The van der Waals surface area contributed by atoms with Crippen LogP contribution in [-0.4, -0.2) is 6.04 Å². The summed E-state index contributed by atoms with van der Waals surface area (Å²) in [6, 6.07) is 7.04. The third-order valence-corrected chi connectivity index (χ3v) is 4.95. The lowest BCUT2D eigenvalue weighted by molar-refractivity contribution is 0.242. The lowest BCUT2D eigenvalue weighted by atomic mass is 9.72. The SMILES string of the molecule is CC(C)(c1ccc(F)cc1)C(CC1CCCCC1)NN. The highest BCUT2D eigenvalue weighted by atomic mass is 19.1. The van der Waals surface area contributed by atoms with Crippen molar-refractivity contribution in [2.24, 2.45) is 11.8 Å². The summed E-state index contributed by atoms with van der Waals surface area (Å²) in [5.41, 5.74) is 4.05. The first-order valence-electron chi connectivity index (χ1n) is 7.76. The molecule has 1 atom stereocenters. The maximum absolute atomic E-state index is 13.1. The molecule has 0 amide bonds. The highest BCUT2D eigenvalue weighted by molar-refractivity contribution is 5.26. The third-order valence-electron chi connectivity index (χ3n) is 4.95. The normalized spacial score (nSPS) is 19.0. The van der Waals surface area contributed by atoms with Crippen molar-refractivity contribution in [2.45, 2.75) is 63.8 Å². The summed E-state index contributed by atoms with van der Waals surface area (Å²) in [6.45, 7) is 4.38. The van der Waals surface area contributed by atoms with Crippen LogP contribution in [-0.2, 0) is 5.41 Å². The van der Waals surface area contributed by atoms with Crippen LogP contribution < -0.4 is 11.3 Å². The van der Waals surface area contributed by atoms with E-state index < -0.39 is 0 Å². The standard InChI is InChI=1S/C17H27FN2/c1-17(2,14-8-10-15(18)11-9-14)16(20-19)12-13-6-4-3-5-7-13/h8-11,13,16,20H,3-7,12,19H2,1-2H3. The predicted octanol–water partition coefficient (Wildman–Crippen LogP) is 3.91. The van der Waals surface area contributed by atoms with Crippen molar-refractivity contribution >= 4 is 0 Å². The van der Waals surface area contributed by atoms with Gasteiger partial charge in [-0.05, 0) is 30.0 Å². The largest absolute Gasteiger partial charge is 0.271 e. The molecule has 0 aromatic heterocycles. The summed E-state index contributed by atoms with van der Waals surface area (Å²) >= 11 is 0. The van der Waals surface area contributed by atoms with Gasteiger partial charge < -0.3 is 0 Å². The van der Waals surface area contributed by atoms with Gasteiger partial charge in [0, 0.05) is 11.5 Å². The smallest absolute Gasteiger partial charge is 0.123 e. The van der Waals surface area contributed by atoms with E-state index in [9.17, 15) is 4.39 Å². The molecule has 0 spiro atoms. The van der Waals surface area contributed by atoms with Crippen LogP contribution in [0.4, 0.5) is 4.39 Å². The maximum Gasteiger partial charge on any atom is 0.123 e. The van der Waals surface area contributed by atoms with Gasteiger partial charge in [-0.3, -0.25) is 11.3 Å². The van der Waals surface area contributed by atoms with Gasteiger partial charge in [-0.25, -0.2) is 4.39 Å². The molecule has 1 aromatic carbocycles. The van der Waals surface area contributed by atoms with Crippen molar-refractivity contribution < 1.29 is 4.39 Å². The number of rotatable bonds is 5. The number of halogens is 1. The van der Waals surface area contributed by atoms with Crippen molar-refractivity contribution in [3.63, 3.8) is 0 Å². The Morgan fingerprint density at radius 3 is 2.35 bits per heavy atom. The minimum Gasteiger partial charge on any atom is -0.271 e. The molecule has 0 bridgehead atoms. The fourth-order valence-electron chi connectivity index (χ4n) is 3.41. The van der Waals surface area contributed by atoms with E-state index in [-0.39, 0.29) is 17.3 Å². The number of hydrogen-bond donors (Lipinski definition) is 2. The lowest BCUT2D eigenvalue weighted by Crippen LogP contribution is -2.49. The summed E-state index contributed by atoms with van der Waals surface area (Å²) in [6.07, 6.45) is 7.80. The molecule has 2 rings (SSSR count). The van der Waals surface area contributed by atoms with E-state index in [0.29, 0.717) is 0 Å². The number of nitrogens with two attached hydrogens (primary N) is 1. The van der Waals surface area contributed by atoms with Gasteiger partial charge >= 0.3 is 0 Å². The predicted molar refractivity (Wildman–Crippen MR) is 81.7 cm³/mol. The highest BCUT2D eigenvalue weighted by Gasteiger charge is 2.32. The van der Waals surface area contributed by atoms with Gasteiger partial charge in [0.25, 0.3) is 0 Å². The number of benzene rings is 1. The van der Waals surface area contributed by atoms with E-state index in [0.717, 1.165) is 17.9 Å². The summed E-state index contributed by atoms with van der Waals surface area (Å²) in [4.78, 5) is 0. The van der Waals surface area contributed by atoms with Gasteiger partial charge in [0.1, 0.15) is 5.82 Å². The van der Waals surface area contributed by atoms with Crippen LogP contribution in [0.5, 0.6) is 0 Å². The first kappa shape index (κ1) is 15.5. The molecule has 1 aliphatic rings. The molecular weight excluding hydrogens is 251 g/mol. The Bertz CT molecular complexity index is 408. The van der Waals surface area contributed by atoms with E-state index in [1.807, 2.05) is 12.1 Å². The van der Waals surface area contributed by atoms with Crippen LogP contribution in [0.1, 0.15) is 57.9 Å². The third kappa shape index (κ3) is 3.58. The molecule has 112 valence electrons. The van der Waals surface area contributed by atoms with Crippen molar-refractivity contribution in [1.82, 2.24) is 5.43 Å². The van der Waals surface area contributed by atoms with Crippen molar-refractivity contribution in [1.29, 1.82) is 0 Å². The molecule has 1 saturated carbocycles. The molecule has 1 unspecified atom stereocenters. The topological polar surface area (TPSA) is 38.0 Å².